The highest BCUT2D eigenvalue weighted by Crippen LogP contribution is 2.45. The maximum absolute atomic E-state index is 13.2. The maximum atomic E-state index is 13.2. The molecule has 1 rings (SSSR count). The van der Waals surface area contributed by atoms with E-state index in [0.29, 0.717) is 12.8 Å². The van der Waals surface area contributed by atoms with Crippen LogP contribution in [0.25, 0.3) is 0 Å². The van der Waals surface area contributed by atoms with E-state index >= 15 is 0 Å². The Balaban J connectivity index is 2.77. The summed E-state index contributed by atoms with van der Waals surface area (Å²) in [7, 11) is 0. The van der Waals surface area contributed by atoms with Gasteiger partial charge in [0.1, 0.15) is 0 Å². The highest BCUT2D eigenvalue weighted by atomic mass is 19.4. The van der Waals surface area contributed by atoms with Crippen molar-refractivity contribution in [2.75, 3.05) is 6.54 Å². The van der Waals surface area contributed by atoms with E-state index < -0.39 is 17.8 Å². The maximum Gasteiger partial charge on any atom is 0.420 e. The van der Waals surface area contributed by atoms with E-state index in [-0.39, 0.29) is 19.4 Å². The molecule has 0 aromatic rings. The summed E-state index contributed by atoms with van der Waals surface area (Å²) in [4.78, 5) is 0. The second kappa shape index (κ2) is 4.04. The summed E-state index contributed by atoms with van der Waals surface area (Å²) in [5.74, 6) is 0. The molecule has 0 amide bonds. The molecule has 2 N–H and O–H groups in total. The molecule has 0 aromatic heterocycles. The van der Waals surface area contributed by atoms with Crippen LogP contribution in [0.5, 0.6) is 0 Å². The molecule has 0 heterocycles. The summed E-state index contributed by atoms with van der Waals surface area (Å²) in [6.07, 6.45) is -4.85. The summed E-state index contributed by atoms with van der Waals surface area (Å²) < 4.78 is 50.0. The summed E-state index contributed by atoms with van der Waals surface area (Å²) >= 11 is 0. The molecule has 0 radical (unpaired) electrons. The normalized spacial score (nSPS) is 24.6. The molecule has 1 fully saturated rings. The number of alkyl halides is 4. The molecule has 0 saturated heterocycles. The highest BCUT2D eigenvalue weighted by molar-refractivity contribution is 4.93. The van der Waals surface area contributed by atoms with Crippen LogP contribution in [0, 0.1) is 5.41 Å². The van der Waals surface area contributed by atoms with Gasteiger partial charge >= 0.3 is 6.18 Å². The molecule has 1 nitrogen and oxygen atoms in total. The van der Waals surface area contributed by atoms with E-state index in [2.05, 4.69) is 0 Å². The van der Waals surface area contributed by atoms with E-state index in [1.165, 1.54) is 0 Å². The number of rotatable bonds is 2. The third-order valence-corrected chi connectivity index (χ3v) is 3.08. The molecule has 1 saturated carbocycles. The summed E-state index contributed by atoms with van der Waals surface area (Å²) in [6, 6.07) is 0. The Morgan fingerprint density at radius 1 is 1.14 bits per heavy atom. The molecule has 1 aliphatic rings. The quantitative estimate of drug-likeness (QED) is 0.701. The van der Waals surface area contributed by atoms with Gasteiger partial charge in [0.25, 0.3) is 0 Å². The van der Waals surface area contributed by atoms with Gasteiger partial charge in [-0.25, -0.2) is 4.39 Å². The number of hydrogen-bond acceptors (Lipinski definition) is 1. The third-order valence-electron chi connectivity index (χ3n) is 3.08. The van der Waals surface area contributed by atoms with Crippen molar-refractivity contribution in [3.8, 4) is 0 Å². The second-order valence-corrected chi connectivity index (χ2v) is 4.03. The van der Waals surface area contributed by atoms with E-state index in [0.717, 1.165) is 6.42 Å². The molecule has 0 aliphatic heterocycles. The van der Waals surface area contributed by atoms with Crippen LogP contribution in [0.1, 0.15) is 32.1 Å². The Bertz CT molecular complexity index is 184. The van der Waals surface area contributed by atoms with E-state index in [1.54, 1.807) is 0 Å². The lowest BCUT2D eigenvalue weighted by molar-refractivity contribution is -0.216. The molecule has 0 spiro atoms. The van der Waals surface area contributed by atoms with Gasteiger partial charge in [0, 0.05) is 12.0 Å². The lowest BCUT2D eigenvalue weighted by atomic mass is 9.70. The molecule has 0 bridgehead atoms. The van der Waals surface area contributed by atoms with Crippen molar-refractivity contribution in [1.29, 1.82) is 0 Å². The molecular formula is C9H15F4N. The minimum Gasteiger partial charge on any atom is -0.330 e. The largest absolute Gasteiger partial charge is 0.420 e. The van der Waals surface area contributed by atoms with Crippen molar-refractivity contribution in [3.63, 3.8) is 0 Å². The highest BCUT2D eigenvalue weighted by Gasteiger charge is 2.53. The number of nitrogens with two attached hydrogens (primary N) is 1. The molecule has 5 heteroatoms. The van der Waals surface area contributed by atoms with Crippen LogP contribution in [0.2, 0.25) is 0 Å². The van der Waals surface area contributed by atoms with Gasteiger partial charge in [0.15, 0.2) is 0 Å². The third kappa shape index (κ3) is 2.19. The predicted molar refractivity (Wildman–Crippen MR) is 45.5 cm³/mol. The van der Waals surface area contributed by atoms with Crippen LogP contribution in [-0.4, -0.2) is 18.9 Å². The van der Waals surface area contributed by atoms with Gasteiger partial charge in [0.2, 0.25) is 6.17 Å². The lowest BCUT2D eigenvalue weighted by Crippen LogP contribution is -2.48. The van der Waals surface area contributed by atoms with E-state index in [4.69, 9.17) is 5.73 Å². The fraction of sp³-hybridized carbons (Fsp3) is 1.00. The molecule has 84 valence electrons. The minimum atomic E-state index is -4.77. The van der Waals surface area contributed by atoms with E-state index in [9.17, 15) is 17.6 Å². The standard InChI is InChI=1S/C9H15F4N/c10-7(9(11,12)13)8(6-14)4-2-1-3-5-8/h7H,1-6,14H2. The first-order valence-electron chi connectivity index (χ1n) is 4.83. The fourth-order valence-corrected chi connectivity index (χ4v) is 2.16. The van der Waals surface area contributed by atoms with Crippen molar-refractivity contribution < 1.29 is 17.6 Å². The van der Waals surface area contributed by atoms with Gasteiger partial charge < -0.3 is 5.73 Å². The summed E-state index contributed by atoms with van der Waals surface area (Å²) in [5, 5.41) is 0. The van der Waals surface area contributed by atoms with Gasteiger partial charge in [-0.2, -0.15) is 13.2 Å². The van der Waals surface area contributed by atoms with Crippen LogP contribution >= 0.6 is 0 Å². The van der Waals surface area contributed by atoms with E-state index in [1.807, 2.05) is 0 Å². The average Bonchev–Trinajstić information content (AvgIpc) is 2.16. The molecule has 1 atom stereocenters. The first kappa shape index (κ1) is 11.8. The Morgan fingerprint density at radius 2 is 1.64 bits per heavy atom. The zero-order chi connectivity index (χ0) is 10.8. The van der Waals surface area contributed by atoms with Gasteiger partial charge in [-0.3, -0.25) is 0 Å². The zero-order valence-electron chi connectivity index (χ0n) is 7.91. The zero-order valence-corrected chi connectivity index (χ0v) is 7.91. The number of halogens is 4. The van der Waals surface area contributed by atoms with Crippen LogP contribution in [-0.2, 0) is 0 Å². The minimum absolute atomic E-state index is 0.215. The summed E-state index contributed by atoms with van der Waals surface area (Å²) in [6.45, 7) is -0.215. The van der Waals surface area contributed by atoms with Crippen molar-refractivity contribution in [3.05, 3.63) is 0 Å². The monoisotopic (exact) mass is 213 g/mol. The molecular weight excluding hydrogens is 198 g/mol. The van der Waals surface area contributed by atoms with Crippen molar-refractivity contribution >= 4 is 0 Å². The fourth-order valence-electron chi connectivity index (χ4n) is 2.16. The van der Waals surface area contributed by atoms with Crippen LogP contribution in [0.3, 0.4) is 0 Å². The molecule has 0 aromatic carbocycles. The first-order chi connectivity index (χ1) is 6.42. The predicted octanol–water partition coefficient (Wildman–Crippen LogP) is 2.80. The van der Waals surface area contributed by atoms with Crippen molar-refractivity contribution in [2.24, 2.45) is 11.1 Å². The Hall–Kier alpha value is -0.320. The summed E-state index contributed by atoms with van der Waals surface area (Å²) in [5.41, 5.74) is 3.95. The van der Waals surface area contributed by atoms with Crippen LogP contribution < -0.4 is 5.73 Å². The Labute approximate surface area is 80.7 Å². The van der Waals surface area contributed by atoms with Gasteiger partial charge in [-0.1, -0.05) is 19.3 Å². The molecule has 14 heavy (non-hydrogen) atoms. The molecule has 1 aliphatic carbocycles. The topological polar surface area (TPSA) is 26.0 Å². The van der Waals surface area contributed by atoms with Crippen molar-refractivity contribution in [1.82, 2.24) is 0 Å². The SMILES string of the molecule is NCC1(C(F)C(F)(F)F)CCCCC1. The average molecular weight is 213 g/mol. The van der Waals surface area contributed by atoms with Gasteiger partial charge in [0.05, 0.1) is 0 Å². The molecule has 1 unspecified atom stereocenters. The van der Waals surface area contributed by atoms with Gasteiger partial charge in [-0.15, -0.1) is 0 Å². The Morgan fingerprint density at radius 3 is 2.00 bits per heavy atom. The second-order valence-electron chi connectivity index (χ2n) is 4.03. The Kier molecular flexibility index (Phi) is 3.40. The van der Waals surface area contributed by atoms with Gasteiger partial charge in [-0.05, 0) is 12.8 Å². The van der Waals surface area contributed by atoms with Crippen molar-refractivity contribution in [2.45, 2.75) is 44.5 Å². The smallest absolute Gasteiger partial charge is 0.330 e. The number of hydrogen-bond donors (Lipinski definition) is 1. The van der Waals surface area contributed by atoms with Crippen LogP contribution in [0.15, 0.2) is 0 Å². The first-order valence-corrected chi connectivity index (χ1v) is 4.83. The van der Waals surface area contributed by atoms with Crippen LogP contribution in [0.4, 0.5) is 17.6 Å². The lowest BCUT2D eigenvalue weighted by Gasteiger charge is -2.39.